The Kier molecular flexibility index (Phi) is 3.88. The van der Waals surface area contributed by atoms with E-state index >= 15 is 0 Å². The lowest BCUT2D eigenvalue weighted by Crippen LogP contribution is -2.53. The second-order valence-corrected chi connectivity index (χ2v) is 6.39. The Morgan fingerprint density at radius 3 is 2.61 bits per heavy atom. The van der Waals surface area contributed by atoms with Crippen molar-refractivity contribution in [2.24, 2.45) is 5.92 Å². The van der Waals surface area contributed by atoms with Crippen molar-refractivity contribution in [2.75, 3.05) is 19.6 Å². The third-order valence-electron chi connectivity index (χ3n) is 5.36. The van der Waals surface area contributed by atoms with Crippen molar-refractivity contribution >= 4 is 6.41 Å². The van der Waals surface area contributed by atoms with Crippen molar-refractivity contribution in [3.8, 4) is 0 Å². The summed E-state index contributed by atoms with van der Waals surface area (Å²) in [5.74, 6) is 0.741. The third kappa shape index (κ3) is 2.42. The van der Waals surface area contributed by atoms with Gasteiger partial charge in [-0.2, -0.15) is 0 Å². The molecular formula is C15H26N2O. The molecule has 0 aromatic carbocycles. The number of carbonyl (C=O) groups is 1. The number of amides is 1. The Hall–Kier alpha value is -0.570. The highest BCUT2D eigenvalue weighted by Crippen LogP contribution is 2.34. The van der Waals surface area contributed by atoms with E-state index in [1.54, 1.807) is 0 Å². The maximum absolute atomic E-state index is 11.2. The van der Waals surface area contributed by atoms with Crippen molar-refractivity contribution in [3.63, 3.8) is 0 Å². The summed E-state index contributed by atoms with van der Waals surface area (Å²) < 4.78 is 0. The van der Waals surface area contributed by atoms with E-state index in [-0.39, 0.29) is 0 Å². The summed E-state index contributed by atoms with van der Waals surface area (Å²) in [6, 6.07) is 1.40. The fourth-order valence-electron chi connectivity index (χ4n) is 4.36. The molecule has 3 fully saturated rings. The van der Waals surface area contributed by atoms with Gasteiger partial charge in [0.05, 0.1) is 0 Å². The van der Waals surface area contributed by atoms with Crippen molar-refractivity contribution < 1.29 is 4.79 Å². The molecule has 0 unspecified atom stereocenters. The van der Waals surface area contributed by atoms with E-state index < -0.39 is 0 Å². The molecule has 3 aliphatic rings. The molecule has 0 N–H and O–H groups in total. The summed E-state index contributed by atoms with van der Waals surface area (Å²) in [6.07, 6.45) is 11.8. The minimum Gasteiger partial charge on any atom is -0.342 e. The van der Waals surface area contributed by atoms with Crippen LogP contribution < -0.4 is 0 Å². The number of hydrogen-bond donors (Lipinski definition) is 0. The summed E-state index contributed by atoms with van der Waals surface area (Å²) in [6.45, 7) is 3.54. The van der Waals surface area contributed by atoms with Gasteiger partial charge in [-0.15, -0.1) is 0 Å². The molecule has 0 aromatic heterocycles. The van der Waals surface area contributed by atoms with Crippen LogP contribution in [0.1, 0.15) is 51.4 Å². The number of carbonyl (C=O) groups excluding carboxylic acids is 1. The summed E-state index contributed by atoms with van der Waals surface area (Å²) in [7, 11) is 0. The van der Waals surface area contributed by atoms with Crippen LogP contribution in [0.5, 0.6) is 0 Å². The average molecular weight is 250 g/mol. The Bertz CT molecular complexity index is 294. The van der Waals surface area contributed by atoms with E-state index in [4.69, 9.17) is 0 Å². The summed E-state index contributed by atoms with van der Waals surface area (Å²) >= 11 is 0. The maximum Gasteiger partial charge on any atom is 0.209 e. The molecule has 0 aliphatic carbocycles. The van der Waals surface area contributed by atoms with Gasteiger partial charge in [0.15, 0.2) is 0 Å². The van der Waals surface area contributed by atoms with Crippen molar-refractivity contribution in [3.05, 3.63) is 0 Å². The molecule has 3 rings (SSSR count). The second kappa shape index (κ2) is 5.60. The molecule has 3 nitrogen and oxygen atoms in total. The van der Waals surface area contributed by atoms with Crippen LogP contribution in [0.15, 0.2) is 0 Å². The Morgan fingerprint density at radius 1 is 0.889 bits per heavy atom. The van der Waals surface area contributed by atoms with E-state index in [2.05, 4.69) is 9.80 Å². The first-order chi connectivity index (χ1) is 8.88. The molecular weight excluding hydrogens is 224 g/mol. The van der Waals surface area contributed by atoms with Gasteiger partial charge in [0.2, 0.25) is 6.41 Å². The molecule has 0 saturated carbocycles. The first kappa shape index (κ1) is 12.5. The smallest absolute Gasteiger partial charge is 0.209 e. The lowest BCUT2D eigenvalue weighted by atomic mass is 9.81. The molecule has 1 amide bonds. The SMILES string of the molecule is O=CN1CCCC[C@H]1[C@H]1CC[C@H]2CCCCN2C1. The zero-order chi connectivity index (χ0) is 12.4. The molecule has 3 atom stereocenters. The monoisotopic (exact) mass is 250 g/mol. The quantitative estimate of drug-likeness (QED) is 0.702. The zero-order valence-corrected chi connectivity index (χ0v) is 11.4. The van der Waals surface area contributed by atoms with Crippen LogP contribution in [0.25, 0.3) is 0 Å². The first-order valence-electron chi connectivity index (χ1n) is 7.83. The highest BCUT2D eigenvalue weighted by atomic mass is 16.1. The van der Waals surface area contributed by atoms with Gasteiger partial charge in [0.25, 0.3) is 0 Å². The van der Waals surface area contributed by atoms with E-state index in [1.165, 1.54) is 64.5 Å². The molecule has 3 heteroatoms. The van der Waals surface area contributed by atoms with Gasteiger partial charge < -0.3 is 9.80 Å². The van der Waals surface area contributed by atoms with Gasteiger partial charge in [-0.25, -0.2) is 0 Å². The molecule has 0 aromatic rings. The zero-order valence-electron chi connectivity index (χ0n) is 11.4. The fourth-order valence-corrected chi connectivity index (χ4v) is 4.36. The number of likely N-dealkylation sites (tertiary alicyclic amines) is 1. The minimum atomic E-state index is 0.541. The van der Waals surface area contributed by atoms with Crippen molar-refractivity contribution in [2.45, 2.75) is 63.5 Å². The maximum atomic E-state index is 11.2. The minimum absolute atomic E-state index is 0.541. The summed E-state index contributed by atoms with van der Waals surface area (Å²) in [4.78, 5) is 16.0. The molecule has 0 bridgehead atoms. The van der Waals surface area contributed by atoms with Gasteiger partial charge in [0, 0.05) is 25.2 Å². The molecule has 3 aliphatic heterocycles. The van der Waals surface area contributed by atoms with Gasteiger partial charge in [0.1, 0.15) is 0 Å². The highest BCUT2D eigenvalue weighted by molar-refractivity contribution is 5.48. The lowest BCUT2D eigenvalue weighted by Gasteiger charge is -2.47. The molecule has 18 heavy (non-hydrogen) atoms. The summed E-state index contributed by atoms with van der Waals surface area (Å²) in [5, 5.41) is 0. The molecule has 0 radical (unpaired) electrons. The van der Waals surface area contributed by atoms with E-state index in [9.17, 15) is 4.79 Å². The van der Waals surface area contributed by atoms with Crippen LogP contribution in [0.3, 0.4) is 0 Å². The first-order valence-corrected chi connectivity index (χ1v) is 7.83. The van der Waals surface area contributed by atoms with E-state index in [0.717, 1.165) is 24.9 Å². The molecule has 0 spiro atoms. The summed E-state index contributed by atoms with van der Waals surface area (Å²) in [5.41, 5.74) is 0. The number of piperidine rings is 3. The predicted octanol–water partition coefficient (Wildman–Crippen LogP) is 2.26. The Morgan fingerprint density at radius 2 is 1.72 bits per heavy atom. The Labute approximate surface area is 111 Å². The molecule has 102 valence electrons. The number of nitrogens with zero attached hydrogens (tertiary/aromatic N) is 2. The van der Waals surface area contributed by atoms with Crippen LogP contribution >= 0.6 is 0 Å². The van der Waals surface area contributed by atoms with Gasteiger partial charge in [-0.05, 0) is 57.4 Å². The second-order valence-electron chi connectivity index (χ2n) is 6.39. The lowest BCUT2D eigenvalue weighted by molar-refractivity contribution is -0.123. The topological polar surface area (TPSA) is 23.6 Å². The van der Waals surface area contributed by atoms with E-state index in [1.807, 2.05) is 0 Å². The van der Waals surface area contributed by atoms with E-state index in [0.29, 0.717) is 6.04 Å². The van der Waals surface area contributed by atoms with Crippen molar-refractivity contribution in [1.29, 1.82) is 0 Å². The number of fused-ring (bicyclic) bond motifs is 1. The van der Waals surface area contributed by atoms with Crippen LogP contribution in [0.4, 0.5) is 0 Å². The third-order valence-corrected chi connectivity index (χ3v) is 5.36. The van der Waals surface area contributed by atoms with Crippen LogP contribution in [-0.2, 0) is 4.79 Å². The predicted molar refractivity (Wildman–Crippen MR) is 72.3 cm³/mol. The van der Waals surface area contributed by atoms with Crippen LogP contribution in [0, 0.1) is 5.92 Å². The normalized spacial score (nSPS) is 38.2. The average Bonchev–Trinajstić information content (AvgIpc) is 2.46. The highest BCUT2D eigenvalue weighted by Gasteiger charge is 2.36. The Balaban J connectivity index is 1.63. The standard InChI is InChI=1S/C15H26N2O/c18-12-17-10-4-2-6-15(17)13-7-8-14-5-1-3-9-16(14)11-13/h12-15H,1-11H2/t13-,14+,15-/m0/s1. The van der Waals surface area contributed by atoms with Crippen LogP contribution in [0.2, 0.25) is 0 Å². The largest absolute Gasteiger partial charge is 0.342 e. The van der Waals surface area contributed by atoms with Crippen molar-refractivity contribution in [1.82, 2.24) is 9.80 Å². The van der Waals surface area contributed by atoms with Gasteiger partial charge in [-0.3, -0.25) is 4.79 Å². The fraction of sp³-hybridized carbons (Fsp3) is 0.933. The molecule has 3 heterocycles. The molecule has 3 saturated heterocycles. The number of rotatable bonds is 2. The van der Waals surface area contributed by atoms with Gasteiger partial charge >= 0.3 is 0 Å². The number of hydrogen-bond acceptors (Lipinski definition) is 2. The van der Waals surface area contributed by atoms with Gasteiger partial charge in [-0.1, -0.05) is 6.42 Å². The van der Waals surface area contributed by atoms with Crippen LogP contribution in [-0.4, -0.2) is 47.9 Å².